The van der Waals surface area contributed by atoms with Crippen molar-refractivity contribution in [3.05, 3.63) is 58.1 Å². The third kappa shape index (κ3) is 5.75. The molecular formula is C22H19ClF3NO6. The molecule has 0 fully saturated rings. The number of nitrogens with one attached hydrogen (secondary N) is 1. The zero-order valence-electron chi connectivity index (χ0n) is 17.3. The number of Topliss-reactive ketones (excluding diaryl/α,β-unsaturated/α-hetero) is 1. The number of fused-ring (bicyclic) bond motifs is 1. The molecular weight excluding hydrogens is 467 g/mol. The van der Waals surface area contributed by atoms with Crippen LogP contribution in [0.3, 0.4) is 0 Å². The van der Waals surface area contributed by atoms with Gasteiger partial charge in [0.25, 0.3) is 0 Å². The van der Waals surface area contributed by atoms with Gasteiger partial charge >= 0.3 is 18.1 Å². The molecule has 7 nitrogen and oxygen atoms in total. The Morgan fingerprint density at radius 1 is 1.24 bits per heavy atom. The van der Waals surface area contributed by atoms with Crippen LogP contribution in [0.5, 0.6) is 11.5 Å². The number of rotatable bonds is 6. The van der Waals surface area contributed by atoms with Gasteiger partial charge in [-0.2, -0.15) is 13.2 Å². The Morgan fingerprint density at radius 3 is 2.70 bits per heavy atom. The van der Waals surface area contributed by atoms with Crippen LogP contribution in [0.1, 0.15) is 40.9 Å². The quantitative estimate of drug-likeness (QED) is 0.376. The molecule has 1 aliphatic rings. The largest absolute Gasteiger partial charge is 0.491 e. The fraction of sp³-hybridized carbons (Fsp3) is 0.318. The summed E-state index contributed by atoms with van der Waals surface area (Å²) in [5, 5.41) is 2.44. The first-order valence-corrected chi connectivity index (χ1v) is 10.3. The number of alkyl halides is 3. The molecule has 1 amide bonds. The molecule has 0 aliphatic carbocycles. The molecule has 0 bridgehead atoms. The van der Waals surface area contributed by atoms with Gasteiger partial charge in [0, 0.05) is 5.56 Å². The van der Waals surface area contributed by atoms with Gasteiger partial charge in [-0.3, -0.25) is 9.59 Å². The number of hydrogen-bond donors (Lipinski definition) is 1. The molecule has 1 unspecified atom stereocenters. The van der Waals surface area contributed by atoms with Crippen molar-refractivity contribution in [2.75, 3.05) is 19.8 Å². The lowest BCUT2D eigenvalue weighted by atomic mass is 9.95. The van der Waals surface area contributed by atoms with Crippen molar-refractivity contribution in [3.8, 4) is 11.5 Å². The topological polar surface area (TPSA) is 90.9 Å². The zero-order valence-corrected chi connectivity index (χ0v) is 18.1. The van der Waals surface area contributed by atoms with Crippen LogP contribution in [-0.4, -0.2) is 37.4 Å². The summed E-state index contributed by atoms with van der Waals surface area (Å²) < 4.78 is 55.6. The fourth-order valence-corrected chi connectivity index (χ4v) is 3.40. The maximum Gasteiger partial charge on any atom is 0.416 e. The van der Waals surface area contributed by atoms with Gasteiger partial charge in [0.2, 0.25) is 0 Å². The minimum Gasteiger partial charge on any atom is -0.491 e. The van der Waals surface area contributed by atoms with E-state index in [4.69, 9.17) is 21.1 Å². The third-order valence-electron chi connectivity index (χ3n) is 4.69. The first kappa shape index (κ1) is 24.4. The van der Waals surface area contributed by atoms with Crippen LogP contribution in [0.25, 0.3) is 0 Å². The van der Waals surface area contributed by atoms with Gasteiger partial charge in [-0.25, -0.2) is 4.79 Å². The van der Waals surface area contributed by atoms with E-state index in [2.05, 4.69) is 10.1 Å². The second-order valence-corrected chi connectivity index (χ2v) is 7.33. The maximum atomic E-state index is 13.2. The van der Waals surface area contributed by atoms with Gasteiger partial charge in [0.15, 0.2) is 5.78 Å². The number of esters is 1. The number of amides is 1. The van der Waals surface area contributed by atoms with E-state index in [0.717, 1.165) is 12.1 Å². The molecule has 33 heavy (non-hydrogen) atoms. The van der Waals surface area contributed by atoms with Gasteiger partial charge in [-0.15, -0.1) is 0 Å². The van der Waals surface area contributed by atoms with Crippen LogP contribution >= 0.6 is 11.6 Å². The monoisotopic (exact) mass is 485 g/mol. The lowest BCUT2D eigenvalue weighted by Crippen LogP contribution is -2.35. The predicted molar refractivity (Wildman–Crippen MR) is 110 cm³/mol. The second-order valence-electron chi connectivity index (χ2n) is 6.93. The van der Waals surface area contributed by atoms with Crippen LogP contribution in [0, 0.1) is 0 Å². The molecule has 2 aromatic rings. The highest BCUT2D eigenvalue weighted by molar-refractivity contribution is 6.33. The molecule has 176 valence electrons. The molecule has 1 heterocycles. The van der Waals surface area contributed by atoms with E-state index in [1.807, 2.05) is 0 Å². The predicted octanol–water partition coefficient (Wildman–Crippen LogP) is 4.12. The Morgan fingerprint density at radius 2 is 2.00 bits per heavy atom. The van der Waals surface area contributed by atoms with Crippen LogP contribution in [0.2, 0.25) is 5.02 Å². The minimum absolute atomic E-state index is 0.0175. The van der Waals surface area contributed by atoms with Crippen LogP contribution in [0.15, 0.2) is 36.4 Å². The average molecular weight is 486 g/mol. The molecule has 1 N–H and O–H groups in total. The first-order chi connectivity index (χ1) is 15.6. The molecule has 2 aromatic carbocycles. The number of benzene rings is 2. The molecule has 0 saturated heterocycles. The maximum absolute atomic E-state index is 13.2. The van der Waals surface area contributed by atoms with Crippen molar-refractivity contribution in [1.29, 1.82) is 0 Å². The number of carbonyl (C=O) groups is 3. The van der Waals surface area contributed by atoms with Crippen molar-refractivity contribution in [3.63, 3.8) is 0 Å². The van der Waals surface area contributed by atoms with E-state index < -0.39 is 29.7 Å². The van der Waals surface area contributed by atoms with Crippen molar-refractivity contribution < 1.29 is 41.8 Å². The standard InChI is InChI=1S/C22H19ClF3NO6/c1-2-31-21(30)20(29)27-8-9-32-17-10-12(22(24,25)26)6-7-14(17)18-11-16(28)13-4-3-5-15(23)19(13)33-18/h3-7,10,18H,2,8-9,11H2,1H3,(H,27,29). The minimum atomic E-state index is -4.63. The Hall–Kier alpha value is -3.27. The molecule has 0 aromatic heterocycles. The van der Waals surface area contributed by atoms with Gasteiger partial charge in [0.1, 0.15) is 24.2 Å². The summed E-state index contributed by atoms with van der Waals surface area (Å²) in [6.45, 7) is 1.13. The highest BCUT2D eigenvalue weighted by atomic mass is 35.5. The van der Waals surface area contributed by atoms with E-state index in [0.29, 0.717) is 0 Å². The van der Waals surface area contributed by atoms with E-state index in [1.54, 1.807) is 12.1 Å². The summed E-state index contributed by atoms with van der Waals surface area (Å²) in [4.78, 5) is 35.5. The number of hydrogen-bond acceptors (Lipinski definition) is 6. The summed E-state index contributed by atoms with van der Waals surface area (Å²) >= 11 is 6.13. The van der Waals surface area contributed by atoms with Crippen LogP contribution in [0.4, 0.5) is 13.2 Å². The summed E-state index contributed by atoms with van der Waals surface area (Å²) in [6, 6.07) is 7.51. The molecule has 1 aliphatic heterocycles. The van der Waals surface area contributed by atoms with E-state index in [9.17, 15) is 27.6 Å². The van der Waals surface area contributed by atoms with Gasteiger partial charge in [0.05, 0.1) is 35.7 Å². The van der Waals surface area contributed by atoms with Crippen molar-refractivity contribution in [2.45, 2.75) is 25.6 Å². The number of carbonyl (C=O) groups excluding carboxylic acids is 3. The SMILES string of the molecule is CCOC(=O)C(=O)NCCOc1cc(C(F)(F)F)ccc1C1CC(=O)c2cccc(Cl)c2O1. The lowest BCUT2D eigenvalue weighted by Gasteiger charge is -2.28. The third-order valence-corrected chi connectivity index (χ3v) is 4.99. The molecule has 3 rings (SSSR count). The number of ketones is 1. The van der Waals surface area contributed by atoms with Crippen molar-refractivity contribution in [2.24, 2.45) is 0 Å². The van der Waals surface area contributed by atoms with E-state index in [1.165, 1.54) is 19.1 Å². The number of halogens is 4. The fourth-order valence-electron chi connectivity index (χ4n) is 3.18. The molecule has 11 heteroatoms. The average Bonchev–Trinajstić information content (AvgIpc) is 2.76. The molecule has 1 atom stereocenters. The highest BCUT2D eigenvalue weighted by Crippen LogP contribution is 2.43. The van der Waals surface area contributed by atoms with E-state index in [-0.39, 0.29) is 59.6 Å². The smallest absolute Gasteiger partial charge is 0.416 e. The summed E-state index contributed by atoms with van der Waals surface area (Å²) in [7, 11) is 0. The Labute approximate surface area is 191 Å². The molecule has 0 spiro atoms. The Kier molecular flexibility index (Phi) is 7.47. The lowest BCUT2D eigenvalue weighted by molar-refractivity contribution is -0.154. The summed E-state index contributed by atoms with van der Waals surface area (Å²) in [5.74, 6) is -2.40. The molecule has 0 saturated carbocycles. The zero-order chi connectivity index (χ0) is 24.2. The summed E-state index contributed by atoms with van der Waals surface area (Å²) in [6.07, 6.45) is -5.70. The van der Waals surface area contributed by atoms with Crippen LogP contribution in [-0.2, 0) is 20.5 Å². The van der Waals surface area contributed by atoms with Gasteiger partial charge in [-0.05, 0) is 31.2 Å². The number of ether oxygens (including phenoxy) is 3. The first-order valence-electron chi connectivity index (χ1n) is 9.89. The summed E-state index contributed by atoms with van der Waals surface area (Å²) in [5.41, 5.74) is -0.467. The highest BCUT2D eigenvalue weighted by Gasteiger charge is 2.35. The van der Waals surface area contributed by atoms with Crippen molar-refractivity contribution >= 4 is 29.3 Å². The van der Waals surface area contributed by atoms with Crippen LogP contribution < -0.4 is 14.8 Å². The van der Waals surface area contributed by atoms with E-state index >= 15 is 0 Å². The van der Waals surface area contributed by atoms with Crippen molar-refractivity contribution in [1.82, 2.24) is 5.32 Å². The second kappa shape index (κ2) is 10.1. The van der Waals surface area contributed by atoms with Gasteiger partial charge < -0.3 is 19.5 Å². The molecule has 0 radical (unpaired) electrons. The normalized spacial score (nSPS) is 15.3. The Bertz CT molecular complexity index is 1070. The number of para-hydroxylation sites is 1. The van der Waals surface area contributed by atoms with Gasteiger partial charge in [-0.1, -0.05) is 23.7 Å². The Balaban J connectivity index is 1.81.